The number of carbonyl (C=O) groups is 2. The minimum Gasteiger partial charge on any atom is -0.332 e. The molecule has 0 saturated carbocycles. The fourth-order valence-electron chi connectivity index (χ4n) is 4.41. The van der Waals surface area contributed by atoms with E-state index in [2.05, 4.69) is 16.4 Å². The highest BCUT2D eigenvalue weighted by molar-refractivity contribution is 5.82. The predicted molar refractivity (Wildman–Crippen MR) is 167 cm³/mol. The maximum Gasteiger partial charge on any atom is 0.228 e. The molecule has 1 N–H and O–H groups in total. The second-order valence-electron chi connectivity index (χ2n) is 10.5. The zero-order valence-electron chi connectivity index (χ0n) is 25.8. The molecule has 1 aromatic rings. The van der Waals surface area contributed by atoms with Crippen molar-refractivity contribution >= 4 is 18.1 Å². The van der Waals surface area contributed by atoms with Crippen LogP contribution in [0.25, 0.3) is 0 Å². The Morgan fingerprint density at radius 1 is 1.26 bits per heavy atom. The first-order valence-electron chi connectivity index (χ1n) is 14.2. The summed E-state index contributed by atoms with van der Waals surface area (Å²) in [4.78, 5) is 30.2. The maximum absolute atomic E-state index is 13.7. The fraction of sp³-hybridized carbons (Fsp3) is 0.412. The Morgan fingerprint density at radius 3 is 2.50 bits per heavy atom. The van der Waals surface area contributed by atoms with Gasteiger partial charge in [0.25, 0.3) is 0 Å². The van der Waals surface area contributed by atoms with Crippen molar-refractivity contribution in [3.8, 4) is 6.07 Å². The summed E-state index contributed by atoms with van der Waals surface area (Å²) in [6.45, 7) is 11.8. The Labute approximate surface area is 249 Å². The molecule has 0 spiro atoms. The molecule has 0 radical (unpaired) electrons. The third-order valence-corrected chi connectivity index (χ3v) is 6.46. The molecule has 0 saturated heterocycles. The molecule has 6 nitrogen and oxygen atoms in total. The van der Waals surface area contributed by atoms with Crippen molar-refractivity contribution < 1.29 is 18.4 Å². The van der Waals surface area contributed by atoms with Gasteiger partial charge in [-0.25, -0.2) is 13.8 Å². The molecular formula is C34H44F2N4O2. The highest BCUT2D eigenvalue weighted by Crippen LogP contribution is 2.31. The summed E-state index contributed by atoms with van der Waals surface area (Å²) in [5.41, 5.74) is 1.70. The summed E-state index contributed by atoms with van der Waals surface area (Å²) >= 11 is 0. The molecular weight excluding hydrogens is 534 g/mol. The molecule has 1 aliphatic carbocycles. The molecule has 0 aliphatic heterocycles. The van der Waals surface area contributed by atoms with Gasteiger partial charge >= 0.3 is 0 Å². The van der Waals surface area contributed by atoms with Gasteiger partial charge in [-0.15, -0.1) is 0 Å². The standard InChI is InChI=1S/C32H38F2N4O2.C2H6/c1-23(34)20-27(16-17-33)24(2)38(31(40)32(3,4)5)19-9-14-25-10-6-11-26(12-7-13-28(25)21-35)29-15-8-18-36-30(29)37-22-39;1-2/h6-10,13-16,18,20,22,24,26H,11-12,17,19H2,1-5H3,(H,36,37,39);1-2H3/b10-6+,13-7+,14-9+,23-20+,27-16+,28-25-;/t24-,26?;/m1./s1. The molecule has 2 amide bonds. The average molecular weight is 579 g/mol. The van der Waals surface area contributed by atoms with Gasteiger partial charge in [0, 0.05) is 18.2 Å². The van der Waals surface area contributed by atoms with Crippen molar-refractivity contribution in [2.45, 2.75) is 73.3 Å². The molecule has 1 heterocycles. The molecule has 226 valence electrons. The zero-order valence-corrected chi connectivity index (χ0v) is 25.8. The molecule has 1 unspecified atom stereocenters. The lowest BCUT2D eigenvalue weighted by molar-refractivity contribution is -0.140. The zero-order chi connectivity index (χ0) is 31.7. The van der Waals surface area contributed by atoms with Crippen LogP contribution in [0.15, 0.2) is 89.5 Å². The molecule has 0 bridgehead atoms. The van der Waals surface area contributed by atoms with E-state index in [1.54, 1.807) is 57.0 Å². The first-order valence-corrected chi connectivity index (χ1v) is 14.2. The monoisotopic (exact) mass is 578 g/mol. The van der Waals surface area contributed by atoms with E-state index < -0.39 is 24.0 Å². The van der Waals surface area contributed by atoms with E-state index in [-0.39, 0.29) is 18.4 Å². The normalized spacial score (nSPS) is 20.1. The quantitative estimate of drug-likeness (QED) is 0.225. The Kier molecular flexibility index (Phi) is 15.7. The van der Waals surface area contributed by atoms with Crippen LogP contribution in [-0.2, 0) is 9.59 Å². The first-order chi connectivity index (χ1) is 20.0. The van der Waals surface area contributed by atoms with E-state index in [0.717, 1.165) is 5.56 Å². The van der Waals surface area contributed by atoms with Crippen LogP contribution in [-0.4, -0.2) is 41.5 Å². The Morgan fingerprint density at radius 2 is 1.93 bits per heavy atom. The molecule has 2 atom stereocenters. The maximum atomic E-state index is 13.7. The van der Waals surface area contributed by atoms with Crippen molar-refractivity contribution in [2.24, 2.45) is 5.41 Å². The summed E-state index contributed by atoms with van der Waals surface area (Å²) < 4.78 is 26.9. The van der Waals surface area contributed by atoms with E-state index in [1.165, 1.54) is 19.1 Å². The lowest BCUT2D eigenvalue weighted by atomic mass is 9.92. The lowest BCUT2D eigenvalue weighted by Gasteiger charge is -2.34. The second-order valence-corrected chi connectivity index (χ2v) is 10.5. The van der Waals surface area contributed by atoms with Crippen LogP contribution < -0.4 is 5.32 Å². The van der Waals surface area contributed by atoms with Gasteiger partial charge in [-0.2, -0.15) is 5.26 Å². The highest BCUT2D eigenvalue weighted by Gasteiger charge is 2.30. The number of hydrogen-bond acceptors (Lipinski definition) is 4. The minimum absolute atomic E-state index is 0.0420. The third-order valence-electron chi connectivity index (χ3n) is 6.46. The number of halogens is 2. The number of nitriles is 1. The van der Waals surface area contributed by atoms with Crippen molar-refractivity contribution in [3.63, 3.8) is 0 Å². The molecule has 8 heteroatoms. The van der Waals surface area contributed by atoms with E-state index in [4.69, 9.17) is 0 Å². The van der Waals surface area contributed by atoms with Crippen LogP contribution in [0, 0.1) is 16.7 Å². The smallest absolute Gasteiger partial charge is 0.228 e. The highest BCUT2D eigenvalue weighted by atomic mass is 19.1. The van der Waals surface area contributed by atoms with E-state index in [9.17, 15) is 23.6 Å². The number of allylic oxidation sites excluding steroid dienone is 9. The number of rotatable bonds is 10. The lowest BCUT2D eigenvalue weighted by Crippen LogP contribution is -2.45. The van der Waals surface area contributed by atoms with E-state index in [1.807, 2.05) is 44.2 Å². The predicted octanol–water partition coefficient (Wildman–Crippen LogP) is 8.07. The Balaban J connectivity index is 0.00000431. The number of nitrogens with zero attached hydrogens (tertiary/aromatic N) is 3. The second kappa shape index (κ2) is 18.3. The first kappa shape index (κ1) is 35.9. The van der Waals surface area contributed by atoms with Crippen LogP contribution in [0.2, 0.25) is 0 Å². The van der Waals surface area contributed by atoms with E-state index >= 15 is 0 Å². The topological polar surface area (TPSA) is 86.1 Å². The number of amides is 2. The summed E-state index contributed by atoms with van der Waals surface area (Å²) in [5, 5.41) is 12.5. The molecule has 42 heavy (non-hydrogen) atoms. The average Bonchev–Trinajstić information content (AvgIpc) is 3.05. The number of pyridine rings is 1. The number of carbonyl (C=O) groups excluding carboxylic acids is 2. The van der Waals surface area contributed by atoms with Crippen molar-refractivity contribution in [1.29, 1.82) is 5.26 Å². The summed E-state index contributed by atoms with van der Waals surface area (Å²) in [6.07, 6.45) is 17.1. The van der Waals surface area contributed by atoms with Gasteiger partial charge in [0.1, 0.15) is 12.5 Å². The van der Waals surface area contributed by atoms with Crippen LogP contribution in [0.4, 0.5) is 14.6 Å². The summed E-state index contributed by atoms with van der Waals surface area (Å²) in [7, 11) is 0. The number of nitrogens with one attached hydrogen (secondary N) is 1. The number of hydrogen-bond donors (Lipinski definition) is 1. The van der Waals surface area contributed by atoms with Gasteiger partial charge in [-0.3, -0.25) is 9.59 Å². The molecule has 1 aliphatic rings. The van der Waals surface area contributed by atoms with Gasteiger partial charge in [0.2, 0.25) is 12.3 Å². The largest absolute Gasteiger partial charge is 0.332 e. The van der Waals surface area contributed by atoms with Crippen molar-refractivity contribution in [2.75, 3.05) is 18.5 Å². The molecule has 0 aromatic carbocycles. The van der Waals surface area contributed by atoms with Gasteiger partial charge in [-0.05, 0) is 73.6 Å². The minimum atomic E-state index is -0.779. The van der Waals surface area contributed by atoms with Gasteiger partial charge in [0.15, 0.2) is 0 Å². The summed E-state index contributed by atoms with van der Waals surface area (Å²) in [6, 6.07) is 5.41. The van der Waals surface area contributed by atoms with Crippen LogP contribution in [0.3, 0.4) is 0 Å². The molecule has 1 aromatic heterocycles. The van der Waals surface area contributed by atoms with Gasteiger partial charge < -0.3 is 10.2 Å². The van der Waals surface area contributed by atoms with Crippen molar-refractivity contribution in [3.05, 3.63) is 95.0 Å². The summed E-state index contributed by atoms with van der Waals surface area (Å²) in [5.74, 6) is -0.0952. The third kappa shape index (κ3) is 11.0. The number of aromatic nitrogens is 1. The van der Waals surface area contributed by atoms with Crippen LogP contribution >= 0.6 is 0 Å². The molecule has 2 rings (SSSR count). The van der Waals surface area contributed by atoms with Crippen LogP contribution in [0.5, 0.6) is 0 Å². The number of anilines is 1. The SMILES string of the molecule is C/C(F)=C\C(=C/CF)[C@@H](C)N(C/C=C/C1=C(C#N)/C=C/CC(c2cccnc2NC=O)C\C=C\1)C(=O)C(C)(C)C.CC. The Bertz CT molecular complexity index is 1270. The Hall–Kier alpha value is -4.12. The van der Waals surface area contributed by atoms with Crippen LogP contribution in [0.1, 0.15) is 72.8 Å². The number of alkyl halides is 1. The van der Waals surface area contributed by atoms with Gasteiger partial charge in [0.05, 0.1) is 23.5 Å². The fourth-order valence-corrected chi connectivity index (χ4v) is 4.41. The van der Waals surface area contributed by atoms with Crippen molar-refractivity contribution in [1.82, 2.24) is 9.88 Å². The molecule has 0 fully saturated rings. The van der Waals surface area contributed by atoms with E-state index in [0.29, 0.717) is 41.8 Å². The van der Waals surface area contributed by atoms with Gasteiger partial charge in [-0.1, -0.05) is 71.1 Å².